The molecule has 0 aliphatic carbocycles. The minimum atomic E-state index is -3.69. The van der Waals surface area contributed by atoms with E-state index < -0.39 is 10.0 Å². The number of aryl methyl sites for hydroxylation is 1. The maximum Gasteiger partial charge on any atom is 0.265 e. The molecule has 0 bridgehead atoms. The first-order chi connectivity index (χ1) is 9.03. The van der Waals surface area contributed by atoms with E-state index in [2.05, 4.69) is 14.8 Å². The lowest BCUT2D eigenvalue weighted by molar-refractivity contribution is 0.269. The zero-order chi connectivity index (χ0) is 13.9. The van der Waals surface area contributed by atoms with Crippen LogP contribution in [0.25, 0.3) is 0 Å². The van der Waals surface area contributed by atoms with Crippen molar-refractivity contribution in [1.29, 1.82) is 0 Å². The molecule has 2 aromatic heterocycles. The summed E-state index contributed by atoms with van der Waals surface area (Å²) < 4.78 is 28.1. The van der Waals surface area contributed by atoms with Gasteiger partial charge in [-0.15, -0.1) is 0 Å². The highest BCUT2D eigenvalue weighted by atomic mass is 32.2. The molecule has 0 aliphatic heterocycles. The Bertz CT molecular complexity index is 666. The number of aromatic nitrogens is 3. The zero-order valence-corrected chi connectivity index (χ0v) is 11.1. The third kappa shape index (κ3) is 3.09. The normalized spacial score (nSPS) is 11.5. The maximum atomic E-state index is 12.1. The molecule has 0 unspecified atom stereocenters. The molecule has 0 atom stereocenters. The number of rotatable bonds is 5. The van der Waals surface area contributed by atoms with Gasteiger partial charge in [0.25, 0.3) is 10.0 Å². The molecular formula is C11H14N4O3S. The van der Waals surface area contributed by atoms with Crippen LogP contribution < -0.4 is 4.72 Å². The van der Waals surface area contributed by atoms with Crippen molar-refractivity contribution in [3.63, 3.8) is 0 Å². The van der Waals surface area contributed by atoms with Gasteiger partial charge in [0, 0.05) is 12.4 Å². The number of aliphatic hydroxyl groups excluding tert-OH is 1. The largest absolute Gasteiger partial charge is 0.394 e. The van der Waals surface area contributed by atoms with Crippen molar-refractivity contribution in [1.82, 2.24) is 14.8 Å². The number of hydrogen-bond donors (Lipinski definition) is 2. The molecule has 102 valence electrons. The Kier molecular flexibility index (Phi) is 3.82. The fourth-order valence-corrected chi connectivity index (χ4v) is 2.55. The highest BCUT2D eigenvalue weighted by Gasteiger charge is 2.17. The number of pyridine rings is 1. The predicted octanol–water partition coefficient (Wildman–Crippen LogP) is 0.380. The molecule has 2 aromatic rings. The minimum absolute atomic E-state index is 0.0456. The second kappa shape index (κ2) is 5.37. The van der Waals surface area contributed by atoms with E-state index in [1.165, 1.54) is 23.3 Å². The van der Waals surface area contributed by atoms with Crippen LogP contribution in [0.1, 0.15) is 5.56 Å². The lowest BCUT2D eigenvalue weighted by Crippen LogP contribution is -2.13. The summed E-state index contributed by atoms with van der Waals surface area (Å²) in [6.45, 7) is 1.94. The van der Waals surface area contributed by atoms with Crippen molar-refractivity contribution in [2.24, 2.45) is 0 Å². The summed E-state index contributed by atoms with van der Waals surface area (Å²) in [5.41, 5.74) is 1.21. The highest BCUT2D eigenvalue weighted by molar-refractivity contribution is 7.92. The predicted molar refractivity (Wildman–Crippen MR) is 69.1 cm³/mol. The second-order valence-electron chi connectivity index (χ2n) is 3.96. The maximum absolute atomic E-state index is 12.1. The molecule has 0 saturated carbocycles. The van der Waals surface area contributed by atoms with E-state index in [0.29, 0.717) is 5.69 Å². The molecule has 2 heterocycles. The van der Waals surface area contributed by atoms with Gasteiger partial charge in [-0.05, 0) is 18.6 Å². The Morgan fingerprint density at radius 3 is 2.89 bits per heavy atom. The van der Waals surface area contributed by atoms with Gasteiger partial charge in [-0.1, -0.05) is 0 Å². The molecule has 0 spiro atoms. The Morgan fingerprint density at radius 2 is 2.21 bits per heavy atom. The van der Waals surface area contributed by atoms with Crippen LogP contribution in [0.5, 0.6) is 0 Å². The standard InChI is InChI=1S/C11H14N4O3S/c1-9-2-3-12-7-11(9)14-19(17,18)10-6-13-15(8-10)4-5-16/h2-3,6-8,14,16H,4-5H2,1H3. The van der Waals surface area contributed by atoms with Gasteiger partial charge in [-0.25, -0.2) is 8.42 Å². The molecule has 7 nitrogen and oxygen atoms in total. The molecular weight excluding hydrogens is 268 g/mol. The second-order valence-corrected chi connectivity index (χ2v) is 5.64. The van der Waals surface area contributed by atoms with Crippen LogP contribution in [0.3, 0.4) is 0 Å². The van der Waals surface area contributed by atoms with Gasteiger partial charge >= 0.3 is 0 Å². The number of aliphatic hydroxyl groups is 1. The molecule has 0 radical (unpaired) electrons. The molecule has 2 N–H and O–H groups in total. The first kappa shape index (κ1) is 13.5. The fraction of sp³-hybridized carbons (Fsp3) is 0.273. The van der Waals surface area contributed by atoms with Gasteiger partial charge < -0.3 is 5.11 Å². The summed E-state index contributed by atoms with van der Waals surface area (Å²) in [7, 11) is -3.69. The molecule has 2 rings (SSSR count). The first-order valence-corrected chi connectivity index (χ1v) is 7.08. The monoisotopic (exact) mass is 282 g/mol. The van der Waals surface area contributed by atoms with Crippen LogP contribution in [0.15, 0.2) is 35.7 Å². The van der Waals surface area contributed by atoms with Crippen LogP contribution in [0.2, 0.25) is 0 Å². The van der Waals surface area contributed by atoms with E-state index in [0.717, 1.165) is 5.56 Å². The Balaban J connectivity index is 2.25. The molecule has 0 aromatic carbocycles. The summed E-state index contributed by atoms with van der Waals surface area (Å²) in [6, 6.07) is 1.72. The van der Waals surface area contributed by atoms with Gasteiger partial charge in [0.1, 0.15) is 4.90 Å². The van der Waals surface area contributed by atoms with Crippen molar-refractivity contribution in [2.45, 2.75) is 18.4 Å². The van der Waals surface area contributed by atoms with Crippen molar-refractivity contribution in [2.75, 3.05) is 11.3 Å². The van der Waals surface area contributed by atoms with Crippen molar-refractivity contribution in [3.05, 3.63) is 36.4 Å². The smallest absolute Gasteiger partial charge is 0.265 e. The third-order valence-electron chi connectivity index (χ3n) is 2.53. The van der Waals surface area contributed by atoms with Gasteiger partial charge in [0.05, 0.1) is 31.2 Å². The topological polar surface area (TPSA) is 97.1 Å². The van der Waals surface area contributed by atoms with Crippen molar-refractivity contribution in [3.8, 4) is 0 Å². The average Bonchev–Trinajstić information content (AvgIpc) is 2.82. The van der Waals surface area contributed by atoms with E-state index >= 15 is 0 Å². The van der Waals surface area contributed by atoms with Gasteiger partial charge in [-0.3, -0.25) is 14.4 Å². The number of anilines is 1. The molecule has 0 fully saturated rings. The van der Waals surface area contributed by atoms with E-state index in [4.69, 9.17) is 5.11 Å². The van der Waals surface area contributed by atoms with Crippen LogP contribution in [-0.2, 0) is 16.6 Å². The van der Waals surface area contributed by atoms with E-state index in [-0.39, 0.29) is 18.0 Å². The Morgan fingerprint density at radius 1 is 1.42 bits per heavy atom. The molecule has 8 heteroatoms. The van der Waals surface area contributed by atoms with E-state index in [9.17, 15) is 8.42 Å². The molecule has 19 heavy (non-hydrogen) atoms. The van der Waals surface area contributed by atoms with E-state index in [1.807, 2.05) is 0 Å². The quantitative estimate of drug-likeness (QED) is 0.826. The fourth-order valence-electron chi connectivity index (χ4n) is 1.48. The Labute approximate surface area is 111 Å². The first-order valence-electron chi connectivity index (χ1n) is 5.59. The van der Waals surface area contributed by atoms with Crippen LogP contribution in [-0.4, -0.2) is 34.9 Å². The molecule has 0 amide bonds. The summed E-state index contributed by atoms with van der Waals surface area (Å²) in [4.78, 5) is 3.92. The van der Waals surface area contributed by atoms with Crippen LogP contribution in [0, 0.1) is 6.92 Å². The minimum Gasteiger partial charge on any atom is -0.394 e. The van der Waals surface area contributed by atoms with Crippen molar-refractivity contribution >= 4 is 15.7 Å². The number of nitrogens with one attached hydrogen (secondary N) is 1. The molecule has 0 aliphatic rings. The van der Waals surface area contributed by atoms with Gasteiger partial charge in [0.2, 0.25) is 0 Å². The van der Waals surface area contributed by atoms with Gasteiger partial charge in [-0.2, -0.15) is 5.10 Å². The number of sulfonamides is 1. The lowest BCUT2D eigenvalue weighted by atomic mass is 10.3. The summed E-state index contributed by atoms with van der Waals surface area (Å²) in [5, 5.41) is 12.6. The SMILES string of the molecule is Cc1ccncc1NS(=O)(=O)c1cnn(CCO)c1. The average molecular weight is 282 g/mol. The third-order valence-corrected chi connectivity index (χ3v) is 3.85. The zero-order valence-electron chi connectivity index (χ0n) is 10.3. The van der Waals surface area contributed by atoms with Gasteiger partial charge in [0.15, 0.2) is 0 Å². The number of nitrogens with zero attached hydrogens (tertiary/aromatic N) is 3. The molecule has 0 saturated heterocycles. The summed E-state index contributed by atoms with van der Waals surface area (Å²) in [6.07, 6.45) is 5.64. The summed E-state index contributed by atoms with van der Waals surface area (Å²) in [5.74, 6) is 0. The van der Waals surface area contributed by atoms with Crippen LogP contribution >= 0.6 is 0 Å². The Hall–Kier alpha value is -1.93. The summed E-state index contributed by atoms with van der Waals surface area (Å²) >= 11 is 0. The van der Waals surface area contributed by atoms with Crippen molar-refractivity contribution < 1.29 is 13.5 Å². The highest BCUT2D eigenvalue weighted by Crippen LogP contribution is 2.17. The van der Waals surface area contributed by atoms with Crippen LogP contribution in [0.4, 0.5) is 5.69 Å². The number of hydrogen-bond acceptors (Lipinski definition) is 5. The lowest BCUT2D eigenvalue weighted by Gasteiger charge is -2.07. The van der Waals surface area contributed by atoms with E-state index in [1.54, 1.807) is 19.2 Å².